The van der Waals surface area contributed by atoms with Gasteiger partial charge in [-0.2, -0.15) is 0 Å². The largest absolute Gasteiger partial charge is 0.308 e. The lowest BCUT2D eigenvalue weighted by atomic mass is 9.86. The maximum Gasteiger partial charge on any atom is 0.200 e. The summed E-state index contributed by atoms with van der Waals surface area (Å²) in [5, 5.41) is 2.33. The SMILES string of the molecule is CC(C)(C)c1ccc(-c2sc3ccccc3c(=O)c2P(=O)(c2ccccc2)c2ccccc2)cc1. The maximum absolute atomic E-state index is 15.3. The molecule has 0 spiro atoms. The zero-order valence-corrected chi connectivity index (χ0v) is 21.8. The molecule has 0 radical (unpaired) electrons. The Labute approximate surface area is 210 Å². The van der Waals surface area contributed by atoms with Gasteiger partial charge in [0.05, 0.1) is 10.2 Å². The predicted molar refractivity (Wildman–Crippen MR) is 152 cm³/mol. The van der Waals surface area contributed by atoms with E-state index >= 15 is 4.57 Å². The van der Waals surface area contributed by atoms with Crippen LogP contribution >= 0.6 is 18.5 Å². The summed E-state index contributed by atoms with van der Waals surface area (Å²) < 4.78 is 16.2. The lowest BCUT2D eigenvalue weighted by Crippen LogP contribution is -2.35. The molecule has 2 nitrogen and oxygen atoms in total. The van der Waals surface area contributed by atoms with Crippen LogP contribution in [0.1, 0.15) is 26.3 Å². The quantitative estimate of drug-likeness (QED) is 0.256. The highest BCUT2D eigenvalue weighted by molar-refractivity contribution is 7.85. The van der Waals surface area contributed by atoms with Crippen LogP contribution in [0.4, 0.5) is 0 Å². The molecular weight excluding hydrogens is 467 g/mol. The Hall–Kier alpha value is -3.26. The van der Waals surface area contributed by atoms with Gasteiger partial charge < -0.3 is 4.57 Å². The van der Waals surface area contributed by atoms with Crippen molar-refractivity contribution >= 4 is 44.5 Å². The first-order chi connectivity index (χ1) is 16.8. The summed E-state index contributed by atoms with van der Waals surface area (Å²) >= 11 is 1.54. The average molecular weight is 495 g/mol. The predicted octanol–water partition coefficient (Wildman–Crippen LogP) is 6.87. The third-order valence-corrected chi connectivity index (χ3v) is 10.8. The molecule has 0 atom stereocenters. The van der Waals surface area contributed by atoms with Crippen LogP contribution in [0.2, 0.25) is 0 Å². The normalized spacial score (nSPS) is 12.1. The summed E-state index contributed by atoms with van der Waals surface area (Å²) in [5.41, 5.74) is 1.98. The summed E-state index contributed by atoms with van der Waals surface area (Å²) in [6.07, 6.45) is 0. The minimum atomic E-state index is -3.47. The molecule has 0 aliphatic rings. The molecule has 5 rings (SSSR count). The zero-order chi connectivity index (χ0) is 24.6. The molecule has 174 valence electrons. The van der Waals surface area contributed by atoms with Crippen molar-refractivity contribution in [1.82, 2.24) is 0 Å². The second-order valence-corrected chi connectivity index (χ2v) is 13.5. The highest BCUT2D eigenvalue weighted by atomic mass is 32.1. The molecule has 0 unspecified atom stereocenters. The molecule has 0 N–H and O–H groups in total. The van der Waals surface area contributed by atoms with Gasteiger partial charge in [-0.1, -0.05) is 118 Å². The van der Waals surface area contributed by atoms with Crippen LogP contribution in [0.15, 0.2) is 114 Å². The van der Waals surface area contributed by atoms with Gasteiger partial charge in [0.15, 0.2) is 12.6 Å². The highest BCUT2D eigenvalue weighted by Crippen LogP contribution is 2.46. The topological polar surface area (TPSA) is 34.1 Å². The second-order valence-electron chi connectivity index (χ2n) is 9.71. The van der Waals surface area contributed by atoms with Crippen molar-refractivity contribution in [1.29, 1.82) is 0 Å². The van der Waals surface area contributed by atoms with Gasteiger partial charge in [-0.15, -0.1) is 11.3 Å². The summed E-state index contributed by atoms with van der Waals surface area (Å²) in [6.45, 7) is 6.54. The van der Waals surface area contributed by atoms with E-state index in [9.17, 15) is 4.79 Å². The third-order valence-electron chi connectivity index (χ3n) is 6.34. The molecule has 0 bridgehead atoms. The molecule has 0 fully saturated rings. The molecule has 0 aliphatic carbocycles. The molecule has 4 heteroatoms. The van der Waals surface area contributed by atoms with Gasteiger partial charge in [-0.05, 0) is 28.7 Å². The molecule has 0 aliphatic heterocycles. The van der Waals surface area contributed by atoms with Gasteiger partial charge in [-0.25, -0.2) is 0 Å². The van der Waals surface area contributed by atoms with E-state index in [0.717, 1.165) is 15.1 Å². The number of hydrogen-bond donors (Lipinski definition) is 0. The monoisotopic (exact) mass is 494 g/mol. The average Bonchev–Trinajstić information content (AvgIpc) is 2.89. The minimum Gasteiger partial charge on any atom is -0.308 e. The Bertz CT molecular complexity index is 1550. The van der Waals surface area contributed by atoms with Gasteiger partial charge >= 0.3 is 0 Å². The maximum atomic E-state index is 15.3. The number of fused-ring (bicyclic) bond motifs is 1. The smallest absolute Gasteiger partial charge is 0.200 e. The van der Waals surface area contributed by atoms with Crippen molar-refractivity contribution in [2.24, 2.45) is 0 Å². The van der Waals surface area contributed by atoms with Crippen molar-refractivity contribution in [2.75, 3.05) is 0 Å². The highest BCUT2D eigenvalue weighted by Gasteiger charge is 2.36. The third kappa shape index (κ3) is 4.20. The fourth-order valence-electron chi connectivity index (χ4n) is 4.42. The first kappa shape index (κ1) is 23.5. The molecule has 4 aromatic carbocycles. The Balaban J connectivity index is 1.90. The molecular formula is C31H27O2PS. The Morgan fingerprint density at radius 2 is 1.17 bits per heavy atom. The van der Waals surface area contributed by atoms with Gasteiger partial charge in [0.2, 0.25) is 0 Å². The van der Waals surface area contributed by atoms with E-state index in [1.165, 1.54) is 16.9 Å². The molecule has 1 aromatic heterocycles. The van der Waals surface area contributed by atoms with Crippen LogP contribution in [0.25, 0.3) is 20.5 Å². The lowest BCUT2D eigenvalue weighted by molar-refractivity contribution is 0.590. The van der Waals surface area contributed by atoms with Gasteiger partial charge in [0.25, 0.3) is 0 Å². The van der Waals surface area contributed by atoms with E-state index in [4.69, 9.17) is 0 Å². The van der Waals surface area contributed by atoms with Crippen molar-refractivity contribution in [3.05, 3.63) is 125 Å². The van der Waals surface area contributed by atoms with Crippen LogP contribution in [0.5, 0.6) is 0 Å². The Kier molecular flexibility index (Phi) is 6.09. The molecule has 0 amide bonds. The Morgan fingerprint density at radius 3 is 1.71 bits per heavy atom. The Morgan fingerprint density at radius 1 is 0.657 bits per heavy atom. The molecule has 0 saturated carbocycles. The van der Waals surface area contributed by atoms with Gasteiger partial charge in [-0.3, -0.25) is 4.79 Å². The minimum absolute atomic E-state index is 0.0151. The molecule has 35 heavy (non-hydrogen) atoms. The molecule has 5 aromatic rings. The van der Waals surface area contributed by atoms with E-state index in [-0.39, 0.29) is 10.8 Å². The summed E-state index contributed by atoms with van der Waals surface area (Å²) in [4.78, 5) is 14.9. The van der Waals surface area contributed by atoms with Crippen molar-refractivity contribution in [3.8, 4) is 10.4 Å². The van der Waals surface area contributed by atoms with Crippen LogP contribution < -0.4 is 21.3 Å². The summed E-state index contributed by atoms with van der Waals surface area (Å²) in [6, 6.07) is 34.8. The molecule has 1 heterocycles. The summed E-state index contributed by atoms with van der Waals surface area (Å²) in [5.74, 6) is 0. The van der Waals surface area contributed by atoms with E-state index in [1.807, 2.05) is 84.9 Å². The van der Waals surface area contributed by atoms with Gasteiger partial charge in [0, 0.05) is 20.7 Å². The van der Waals surface area contributed by atoms with Crippen molar-refractivity contribution < 1.29 is 4.57 Å². The van der Waals surface area contributed by atoms with E-state index in [2.05, 4.69) is 45.0 Å². The first-order valence-corrected chi connectivity index (χ1v) is 14.2. The van der Waals surface area contributed by atoms with E-state index in [1.54, 1.807) is 0 Å². The van der Waals surface area contributed by atoms with Crippen molar-refractivity contribution in [3.63, 3.8) is 0 Å². The van der Waals surface area contributed by atoms with Crippen molar-refractivity contribution in [2.45, 2.75) is 26.2 Å². The number of rotatable bonds is 4. The van der Waals surface area contributed by atoms with Crippen LogP contribution in [0.3, 0.4) is 0 Å². The van der Waals surface area contributed by atoms with Gasteiger partial charge in [0.1, 0.15) is 0 Å². The van der Waals surface area contributed by atoms with E-state index < -0.39 is 7.14 Å². The van der Waals surface area contributed by atoms with Crippen LogP contribution in [0, 0.1) is 0 Å². The first-order valence-electron chi connectivity index (χ1n) is 11.7. The second kappa shape index (κ2) is 9.07. The fraction of sp³-hybridized carbons (Fsp3) is 0.129. The number of hydrogen-bond acceptors (Lipinski definition) is 3. The molecule has 0 saturated heterocycles. The van der Waals surface area contributed by atoms with E-state index in [0.29, 0.717) is 21.3 Å². The van der Waals surface area contributed by atoms with Crippen LogP contribution in [-0.4, -0.2) is 0 Å². The standard InChI is InChI=1S/C31H27O2PS/c1-31(2,3)23-20-18-22(19-21-23)30-29(28(32)26-16-10-11-17-27(26)35-30)34(33,24-12-6-4-7-13-24)25-14-8-5-9-15-25/h4-21H,1-3H3. The fourth-order valence-corrected chi connectivity index (χ4v) is 8.84. The lowest BCUT2D eigenvalue weighted by Gasteiger charge is -2.23. The summed E-state index contributed by atoms with van der Waals surface area (Å²) in [7, 11) is -3.47. The zero-order valence-electron chi connectivity index (χ0n) is 20.1. The number of benzene rings is 4. The van der Waals surface area contributed by atoms with Crippen LogP contribution in [-0.2, 0) is 9.98 Å².